The van der Waals surface area contributed by atoms with Crippen LogP contribution in [0.3, 0.4) is 0 Å². The number of ether oxygens (including phenoxy) is 1. The van der Waals surface area contributed by atoms with E-state index in [2.05, 4.69) is 16.0 Å². The molecule has 0 radical (unpaired) electrons. The number of hydrogen-bond donors (Lipinski definition) is 1. The van der Waals surface area contributed by atoms with Crippen molar-refractivity contribution >= 4 is 22.6 Å². The Morgan fingerprint density at radius 2 is 2.00 bits per heavy atom. The summed E-state index contributed by atoms with van der Waals surface area (Å²) in [4.78, 5) is 19.3. The molecule has 5 heteroatoms. The van der Waals surface area contributed by atoms with Crippen molar-refractivity contribution in [2.75, 3.05) is 6.61 Å². The van der Waals surface area contributed by atoms with Crippen molar-refractivity contribution in [1.29, 1.82) is 5.26 Å². The van der Waals surface area contributed by atoms with E-state index in [1.54, 1.807) is 24.3 Å². The Kier molecular flexibility index (Phi) is 4.91. The van der Waals surface area contributed by atoms with Crippen LogP contribution in [0.2, 0.25) is 0 Å². The van der Waals surface area contributed by atoms with Gasteiger partial charge in [-0.05, 0) is 30.7 Å². The maximum absolute atomic E-state index is 12.2. The highest BCUT2D eigenvalue weighted by Crippen LogP contribution is 2.23. The lowest BCUT2D eigenvalue weighted by atomic mass is 10.1. The zero-order chi connectivity index (χ0) is 17.6. The van der Waals surface area contributed by atoms with E-state index >= 15 is 0 Å². The highest BCUT2D eigenvalue weighted by molar-refractivity contribution is 5.90. The van der Waals surface area contributed by atoms with Gasteiger partial charge in [0.25, 0.3) is 5.56 Å². The predicted octanol–water partition coefficient (Wildman–Crippen LogP) is 3.78. The van der Waals surface area contributed by atoms with Gasteiger partial charge in [0.2, 0.25) is 0 Å². The minimum absolute atomic E-state index is 0.247. The Hall–Kier alpha value is -3.39. The lowest BCUT2D eigenvalue weighted by molar-refractivity contribution is 0.317. The summed E-state index contributed by atoms with van der Waals surface area (Å²) in [5.41, 5.74) is 1.33. The van der Waals surface area contributed by atoms with E-state index in [4.69, 9.17) is 4.74 Å². The fourth-order valence-electron chi connectivity index (χ4n) is 2.47. The highest BCUT2D eigenvalue weighted by atomic mass is 16.5. The maximum atomic E-state index is 12.2. The number of hydrogen-bond acceptors (Lipinski definition) is 4. The van der Waals surface area contributed by atoms with Crippen LogP contribution in [0.4, 0.5) is 0 Å². The Balaban J connectivity index is 2.08. The first-order chi connectivity index (χ1) is 12.2. The standard InChI is InChI=1S/C20H17N3O2/c1-2-11-25-18-10-6-3-7-14(18)12-15(13-21)19-22-17-9-5-4-8-16(17)20(24)23-19/h3-10,12H,2,11H2,1H3,(H,22,23,24)/b15-12-. The number of benzene rings is 2. The molecular weight excluding hydrogens is 314 g/mol. The van der Waals surface area contributed by atoms with Crippen LogP contribution in [-0.4, -0.2) is 16.6 Å². The molecule has 0 amide bonds. The summed E-state index contributed by atoms with van der Waals surface area (Å²) in [5.74, 6) is 0.941. The molecule has 5 nitrogen and oxygen atoms in total. The molecule has 0 atom stereocenters. The van der Waals surface area contributed by atoms with Crippen molar-refractivity contribution in [1.82, 2.24) is 9.97 Å². The molecule has 0 unspecified atom stereocenters. The normalized spacial score (nSPS) is 11.3. The smallest absolute Gasteiger partial charge is 0.259 e. The van der Waals surface area contributed by atoms with Crippen LogP contribution >= 0.6 is 0 Å². The maximum Gasteiger partial charge on any atom is 0.259 e. The van der Waals surface area contributed by atoms with Gasteiger partial charge in [-0.1, -0.05) is 37.3 Å². The van der Waals surface area contributed by atoms with E-state index < -0.39 is 0 Å². The first-order valence-corrected chi connectivity index (χ1v) is 8.06. The Morgan fingerprint density at radius 1 is 1.24 bits per heavy atom. The number of aromatic nitrogens is 2. The molecular formula is C20H17N3O2. The van der Waals surface area contributed by atoms with Gasteiger partial charge in [-0.25, -0.2) is 4.98 Å². The second-order valence-electron chi connectivity index (χ2n) is 5.49. The molecule has 3 aromatic rings. The number of fused-ring (bicyclic) bond motifs is 1. The van der Waals surface area contributed by atoms with Crippen LogP contribution in [0, 0.1) is 11.3 Å². The molecule has 1 aromatic heterocycles. The molecule has 0 aliphatic rings. The van der Waals surface area contributed by atoms with Gasteiger partial charge < -0.3 is 9.72 Å². The van der Waals surface area contributed by atoms with Crippen molar-refractivity contribution in [3.8, 4) is 11.8 Å². The zero-order valence-corrected chi connectivity index (χ0v) is 13.8. The monoisotopic (exact) mass is 331 g/mol. The zero-order valence-electron chi connectivity index (χ0n) is 13.8. The van der Waals surface area contributed by atoms with E-state index in [-0.39, 0.29) is 17.0 Å². The summed E-state index contributed by atoms with van der Waals surface area (Å²) in [6.45, 7) is 2.63. The lowest BCUT2D eigenvalue weighted by Crippen LogP contribution is -2.11. The average molecular weight is 331 g/mol. The highest BCUT2D eigenvalue weighted by Gasteiger charge is 2.09. The minimum atomic E-state index is -0.266. The second-order valence-corrected chi connectivity index (χ2v) is 5.49. The minimum Gasteiger partial charge on any atom is -0.493 e. The van der Waals surface area contributed by atoms with Gasteiger partial charge in [-0.15, -0.1) is 0 Å². The van der Waals surface area contributed by atoms with E-state index in [9.17, 15) is 10.1 Å². The van der Waals surface area contributed by atoms with E-state index in [0.29, 0.717) is 23.3 Å². The summed E-state index contributed by atoms with van der Waals surface area (Å²) >= 11 is 0. The fourth-order valence-corrected chi connectivity index (χ4v) is 2.47. The van der Waals surface area contributed by atoms with Crippen molar-refractivity contribution in [2.24, 2.45) is 0 Å². The fraction of sp³-hybridized carbons (Fsp3) is 0.150. The van der Waals surface area contributed by atoms with E-state index in [1.807, 2.05) is 37.3 Å². The van der Waals surface area contributed by atoms with Gasteiger partial charge in [0.15, 0.2) is 5.82 Å². The first kappa shape index (κ1) is 16.5. The first-order valence-electron chi connectivity index (χ1n) is 8.06. The molecule has 0 fully saturated rings. The SMILES string of the molecule is CCCOc1ccccc1/C=C(/C#N)c1nc2ccccc2c(=O)[nH]1. The second kappa shape index (κ2) is 7.45. The van der Waals surface area contributed by atoms with Crippen LogP contribution in [0.5, 0.6) is 5.75 Å². The van der Waals surface area contributed by atoms with Gasteiger partial charge in [0.1, 0.15) is 11.8 Å². The lowest BCUT2D eigenvalue weighted by Gasteiger charge is -2.08. The topological polar surface area (TPSA) is 78.8 Å². The number of nitrogens with one attached hydrogen (secondary N) is 1. The summed E-state index contributed by atoms with van der Waals surface area (Å²) < 4.78 is 5.72. The third-order valence-electron chi connectivity index (χ3n) is 3.67. The molecule has 0 saturated carbocycles. The molecule has 124 valence electrons. The van der Waals surface area contributed by atoms with Crippen LogP contribution in [0.25, 0.3) is 22.6 Å². The molecule has 25 heavy (non-hydrogen) atoms. The largest absolute Gasteiger partial charge is 0.493 e. The van der Waals surface area contributed by atoms with Gasteiger partial charge in [0.05, 0.1) is 23.1 Å². The Bertz CT molecular complexity index is 1030. The van der Waals surface area contributed by atoms with Crippen molar-refractivity contribution < 1.29 is 4.74 Å². The Labute approximate surface area is 145 Å². The molecule has 2 aromatic carbocycles. The molecule has 0 aliphatic heterocycles. The third kappa shape index (κ3) is 3.59. The number of rotatable bonds is 5. The van der Waals surface area contributed by atoms with Crippen LogP contribution in [0.1, 0.15) is 24.7 Å². The van der Waals surface area contributed by atoms with E-state index in [0.717, 1.165) is 12.0 Å². The van der Waals surface area contributed by atoms with Crippen molar-refractivity contribution in [3.05, 3.63) is 70.3 Å². The average Bonchev–Trinajstić information content (AvgIpc) is 2.65. The number of aromatic amines is 1. The number of para-hydroxylation sites is 2. The molecule has 1 heterocycles. The van der Waals surface area contributed by atoms with Crippen LogP contribution < -0.4 is 10.3 Å². The molecule has 0 saturated heterocycles. The molecule has 0 aliphatic carbocycles. The number of nitrogens with zero attached hydrogens (tertiary/aromatic N) is 2. The van der Waals surface area contributed by atoms with Gasteiger partial charge in [-0.3, -0.25) is 4.79 Å². The quantitative estimate of drug-likeness (QED) is 0.722. The van der Waals surface area contributed by atoms with E-state index in [1.165, 1.54) is 0 Å². The summed E-state index contributed by atoms with van der Waals surface area (Å²) in [6, 6.07) is 16.6. The number of allylic oxidation sites excluding steroid dienone is 1. The summed E-state index contributed by atoms with van der Waals surface area (Å²) in [5, 5.41) is 10.0. The summed E-state index contributed by atoms with van der Waals surface area (Å²) in [7, 11) is 0. The number of H-pyrrole nitrogens is 1. The molecule has 3 rings (SSSR count). The third-order valence-corrected chi connectivity index (χ3v) is 3.67. The van der Waals surface area contributed by atoms with Gasteiger partial charge in [-0.2, -0.15) is 5.26 Å². The van der Waals surface area contributed by atoms with Gasteiger partial charge in [0, 0.05) is 5.56 Å². The van der Waals surface area contributed by atoms with Crippen molar-refractivity contribution in [2.45, 2.75) is 13.3 Å². The van der Waals surface area contributed by atoms with Gasteiger partial charge >= 0.3 is 0 Å². The van der Waals surface area contributed by atoms with Crippen LogP contribution in [-0.2, 0) is 0 Å². The number of nitriles is 1. The molecule has 1 N–H and O–H groups in total. The Morgan fingerprint density at radius 3 is 2.80 bits per heavy atom. The van der Waals surface area contributed by atoms with Crippen LogP contribution in [0.15, 0.2) is 53.3 Å². The summed E-state index contributed by atoms with van der Waals surface area (Å²) in [6.07, 6.45) is 2.57. The predicted molar refractivity (Wildman–Crippen MR) is 98.1 cm³/mol. The van der Waals surface area contributed by atoms with Crippen molar-refractivity contribution in [3.63, 3.8) is 0 Å². The molecule has 0 spiro atoms. The molecule has 0 bridgehead atoms.